The summed E-state index contributed by atoms with van der Waals surface area (Å²) in [7, 11) is 0. The fourth-order valence-corrected chi connectivity index (χ4v) is 4.68. The molecule has 1 fully saturated rings. The monoisotopic (exact) mass is 467 g/mol. The number of benzene rings is 2. The minimum Gasteiger partial charge on any atom is -0.316 e. The summed E-state index contributed by atoms with van der Waals surface area (Å²) in [5.41, 5.74) is 2.13. The quantitative estimate of drug-likeness (QED) is 0.423. The average Bonchev–Trinajstić information content (AvgIpc) is 3.16. The highest BCUT2D eigenvalue weighted by atomic mass is 35.5. The molecule has 0 bridgehead atoms. The zero-order chi connectivity index (χ0) is 22.8. The zero-order valence-electron chi connectivity index (χ0n) is 18.1. The summed E-state index contributed by atoms with van der Waals surface area (Å²) in [5.74, 6) is 0.773. The third kappa shape index (κ3) is 4.61. The van der Waals surface area contributed by atoms with Crippen LogP contribution in [0.2, 0.25) is 5.02 Å². The molecule has 0 radical (unpaired) electrons. The molecule has 1 saturated heterocycles. The summed E-state index contributed by atoms with van der Waals surface area (Å²) in [6.45, 7) is 2.54. The van der Waals surface area contributed by atoms with Crippen LogP contribution in [0.1, 0.15) is 24.2 Å². The Balaban J connectivity index is 1.55. The summed E-state index contributed by atoms with van der Waals surface area (Å²) >= 11 is 6.39. The molecule has 8 heteroatoms. The number of hydrogen-bond donors (Lipinski definition) is 1. The van der Waals surface area contributed by atoms with Gasteiger partial charge in [0.1, 0.15) is 28.8 Å². The van der Waals surface area contributed by atoms with Gasteiger partial charge in [0.25, 0.3) is 0 Å². The van der Waals surface area contributed by atoms with Crippen LogP contribution in [0.4, 0.5) is 8.78 Å². The second-order valence-electron chi connectivity index (χ2n) is 8.44. The minimum absolute atomic E-state index is 0.232. The third-order valence-corrected chi connectivity index (χ3v) is 6.45. The van der Waals surface area contributed by atoms with E-state index in [1.54, 1.807) is 30.5 Å². The standard InChI is InChI=1S/C25H24ClF2N5/c26-18-7-3-9-20(28)23(18)25-31-21-14-30-22(11-10-17-6-1-2-8-19(17)27)32-24(21)33(25)15-16-5-4-12-29-13-16/h1-3,6-9,14,16,29H,4-5,10-13,15H2/t16-/m0/s1. The number of fused-ring (bicyclic) bond motifs is 1. The van der Waals surface area contributed by atoms with E-state index in [9.17, 15) is 8.78 Å². The maximum absolute atomic E-state index is 14.8. The SMILES string of the molecule is Fc1ccccc1CCc1ncc2nc(-c3c(F)cccc3Cl)n(C[C@H]3CCCNC3)c2n1. The van der Waals surface area contributed by atoms with Crippen LogP contribution in [-0.4, -0.2) is 32.6 Å². The lowest BCUT2D eigenvalue weighted by Crippen LogP contribution is -2.32. The molecular formula is C25H24ClF2N5. The fourth-order valence-electron chi connectivity index (χ4n) is 4.44. The molecule has 1 aliphatic heterocycles. The van der Waals surface area contributed by atoms with Gasteiger partial charge in [0, 0.05) is 13.0 Å². The second kappa shape index (κ2) is 9.53. The smallest absolute Gasteiger partial charge is 0.164 e. The predicted octanol–water partition coefficient (Wildman–Crippen LogP) is 5.21. The van der Waals surface area contributed by atoms with E-state index in [2.05, 4.69) is 15.3 Å². The molecule has 0 saturated carbocycles. The van der Waals surface area contributed by atoms with Gasteiger partial charge in [-0.2, -0.15) is 0 Å². The van der Waals surface area contributed by atoms with Crippen molar-refractivity contribution in [2.75, 3.05) is 13.1 Å². The Kier molecular flexibility index (Phi) is 6.33. The summed E-state index contributed by atoms with van der Waals surface area (Å²) in [6.07, 6.45) is 4.80. The van der Waals surface area contributed by atoms with Gasteiger partial charge in [-0.1, -0.05) is 35.9 Å². The first-order valence-corrected chi connectivity index (χ1v) is 11.6. The van der Waals surface area contributed by atoms with Crippen LogP contribution < -0.4 is 5.32 Å². The molecule has 0 aliphatic carbocycles. The first-order chi connectivity index (χ1) is 16.1. The van der Waals surface area contributed by atoms with E-state index in [1.807, 2.05) is 10.6 Å². The van der Waals surface area contributed by atoms with Crippen LogP contribution >= 0.6 is 11.6 Å². The molecule has 1 aliphatic rings. The van der Waals surface area contributed by atoms with Crippen LogP contribution in [0.3, 0.4) is 0 Å². The molecule has 5 nitrogen and oxygen atoms in total. The molecule has 4 aromatic rings. The van der Waals surface area contributed by atoms with E-state index in [0.717, 1.165) is 25.9 Å². The lowest BCUT2D eigenvalue weighted by atomic mass is 9.99. The summed E-state index contributed by atoms with van der Waals surface area (Å²) in [4.78, 5) is 13.9. The van der Waals surface area contributed by atoms with Gasteiger partial charge in [-0.25, -0.2) is 23.7 Å². The first kappa shape index (κ1) is 21.9. The molecule has 1 N–H and O–H groups in total. The normalized spacial score (nSPS) is 16.4. The van der Waals surface area contributed by atoms with Gasteiger partial charge >= 0.3 is 0 Å². The number of imidazole rings is 1. The van der Waals surface area contributed by atoms with E-state index < -0.39 is 5.82 Å². The fraction of sp³-hybridized carbons (Fsp3) is 0.320. The number of piperidine rings is 1. The van der Waals surface area contributed by atoms with Crippen LogP contribution in [0.5, 0.6) is 0 Å². The summed E-state index contributed by atoms with van der Waals surface area (Å²) < 4.78 is 30.8. The summed E-state index contributed by atoms with van der Waals surface area (Å²) in [5, 5.41) is 3.74. The molecule has 1 atom stereocenters. The zero-order valence-corrected chi connectivity index (χ0v) is 18.8. The molecular weight excluding hydrogens is 444 g/mol. The lowest BCUT2D eigenvalue weighted by Gasteiger charge is -2.24. The van der Waals surface area contributed by atoms with E-state index in [4.69, 9.17) is 16.6 Å². The molecule has 0 spiro atoms. The van der Waals surface area contributed by atoms with Crippen molar-refractivity contribution in [1.29, 1.82) is 0 Å². The van der Waals surface area contributed by atoms with Crippen molar-refractivity contribution < 1.29 is 8.78 Å². The number of nitrogens with zero attached hydrogens (tertiary/aromatic N) is 4. The topological polar surface area (TPSA) is 55.6 Å². The number of halogens is 3. The molecule has 2 aromatic heterocycles. The van der Waals surface area contributed by atoms with Crippen molar-refractivity contribution in [3.63, 3.8) is 0 Å². The van der Waals surface area contributed by atoms with Gasteiger partial charge in [0.05, 0.1) is 16.8 Å². The van der Waals surface area contributed by atoms with Gasteiger partial charge < -0.3 is 9.88 Å². The molecule has 0 amide bonds. The number of aryl methyl sites for hydroxylation is 2. The van der Waals surface area contributed by atoms with E-state index in [0.29, 0.717) is 58.7 Å². The molecule has 170 valence electrons. The molecule has 0 unspecified atom stereocenters. The van der Waals surface area contributed by atoms with Gasteiger partial charge in [-0.05, 0) is 62.0 Å². The number of hydrogen-bond acceptors (Lipinski definition) is 4. The summed E-state index contributed by atoms with van der Waals surface area (Å²) in [6, 6.07) is 11.4. The molecule has 2 aromatic carbocycles. The van der Waals surface area contributed by atoms with Crippen molar-refractivity contribution in [2.45, 2.75) is 32.2 Å². The average molecular weight is 468 g/mol. The van der Waals surface area contributed by atoms with E-state index in [1.165, 1.54) is 12.1 Å². The van der Waals surface area contributed by atoms with Crippen LogP contribution in [0.15, 0.2) is 48.7 Å². The molecule has 3 heterocycles. The molecule has 33 heavy (non-hydrogen) atoms. The highest BCUT2D eigenvalue weighted by Gasteiger charge is 2.23. The van der Waals surface area contributed by atoms with Gasteiger partial charge in [0.15, 0.2) is 5.65 Å². The highest BCUT2D eigenvalue weighted by molar-refractivity contribution is 6.33. The Hall–Kier alpha value is -2.90. The third-order valence-electron chi connectivity index (χ3n) is 6.14. The van der Waals surface area contributed by atoms with Gasteiger partial charge in [-0.15, -0.1) is 0 Å². The Morgan fingerprint density at radius 3 is 2.67 bits per heavy atom. The maximum Gasteiger partial charge on any atom is 0.164 e. The second-order valence-corrected chi connectivity index (χ2v) is 8.85. The van der Waals surface area contributed by atoms with Crippen LogP contribution in [-0.2, 0) is 19.4 Å². The Morgan fingerprint density at radius 2 is 1.88 bits per heavy atom. The number of aromatic nitrogens is 4. The van der Waals surface area contributed by atoms with Crippen LogP contribution in [0, 0.1) is 17.6 Å². The van der Waals surface area contributed by atoms with Crippen molar-refractivity contribution in [3.05, 3.63) is 76.7 Å². The van der Waals surface area contributed by atoms with E-state index in [-0.39, 0.29) is 11.4 Å². The Morgan fingerprint density at radius 1 is 1.03 bits per heavy atom. The van der Waals surface area contributed by atoms with Gasteiger partial charge in [-0.3, -0.25) is 0 Å². The highest BCUT2D eigenvalue weighted by Crippen LogP contribution is 2.33. The number of rotatable bonds is 6. The van der Waals surface area contributed by atoms with Crippen LogP contribution in [0.25, 0.3) is 22.6 Å². The first-order valence-electron chi connectivity index (χ1n) is 11.2. The number of nitrogens with one attached hydrogen (secondary N) is 1. The van der Waals surface area contributed by atoms with Crippen molar-refractivity contribution in [2.24, 2.45) is 5.92 Å². The Bertz CT molecular complexity index is 1260. The van der Waals surface area contributed by atoms with Crippen molar-refractivity contribution >= 4 is 22.8 Å². The maximum atomic E-state index is 14.8. The van der Waals surface area contributed by atoms with Gasteiger partial charge in [0.2, 0.25) is 0 Å². The Labute approximate surface area is 195 Å². The predicted molar refractivity (Wildman–Crippen MR) is 125 cm³/mol. The minimum atomic E-state index is -0.423. The van der Waals surface area contributed by atoms with Crippen molar-refractivity contribution in [1.82, 2.24) is 24.8 Å². The van der Waals surface area contributed by atoms with E-state index >= 15 is 0 Å². The van der Waals surface area contributed by atoms with Crippen molar-refractivity contribution in [3.8, 4) is 11.4 Å². The lowest BCUT2D eigenvalue weighted by molar-refractivity contribution is 0.340. The largest absolute Gasteiger partial charge is 0.316 e. The molecule has 5 rings (SSSR count).